The molecule has 5 heteroatoms. The number of furan rings is 1. The van der Waals surface area contributed by atoms with E-state index in [-0.39, 0.29) is 0 Å². The largest absolute Gasteiger partial charge is 0.458 e. The molecule has 0 fully saturated rings. The molecule has 2 N–H and O–H groups in total. The van der Waals surface area contributed by atoms with Crippen molar-refractivity contribution in [2.75, 3.05) is 0 Å². The van der Waals surface area contributed by atoms with Gasteiger partial charge in [0.05, 0.1) is 10.5 Å². The Labute approximate surface area is 122 Å². The van der Waals surface area contributed by atoms with Crippen molar-refractivity contribution in [3.8, 4) is 0 Å². The lowest BCUT2D eigenvalue weighted by molar-refractivity contribution is 0.499. The van der Waals surface area contributed by atoms with Crippen LogP contribution in [-0.2, 0) is 0 Å². The number of para-hydroxylation sites is 1. The normalized spacial score (nSPS) is 12.8. The van der Waals surface area contributed by atoms with Crippen LogP contribution in [0.3, 0.4) is 0 Å². The first-order valence-corrected chi connectivity index (χ1v) is 6.74. The molecule has 0 aliphatic carbocycles. The first kappa shape index (κ1) is 13.3. The highest BCUT2D eigenvalue weighted by Gasteiger charge is 2.16. The molecular weight excluding hydrogens is 328 g/mol. The molecule has 0 aliphatic heterocycles. The highest BCUT2D eigenvalue weighted by Crippen LogP contribution is 2.31. The van der Waals surface area contributed by atoms with Gasteiger partial charge in [0.25, 0.3) is 0 Å². The van der Waals surface area contributed by atoms with Crippen molar-refractivity contribution in [3.63, 3.8) is 0 Å². The van der Waals surface area contributed by atoms with Gasteiger partial charge in [-0.3, -0.25) is 0 Å². The van der Waals surface area contributed by atoms with Gasteiger partial charge in [-0.2, -0.15) is 0 Å². The van der Waals surface area contributed by atoms with Crippen LogP contribution in [0.5, 0.6) is 0 Å². The molecule has 1 aromatic heterocycles. The number of rotatable bonds is 2. The van der Waals surface area contributed by atoms with Gasteiger partial charge in [0.2, 0.25) is 0 Å². The van der Waals surface area contributed by atoms with Crippen LogP contribution in [0.1, 0.15) is 17.4 Å². The Morgan fingerprint density at radius 3 is 2.55 bits per heavy atom. The second-order valence-corrected chi connectivity index (χ2v) is 5.31. The van der Waals surface area contributed by atoms with Crippen LogP contribution in [0.4, 0.5) is 8.78 Å². The molecule has 3 rings (SSSR count). The summed E-state index contributed by atoms with van der Waals surface area (Å²) in [6, 6.07) is 10.4. The molecule has 2 nitrogen and oxygen atoms in total. The Kier molecular flexibility index (Phi) is 3.31. The lowest BCUT2D eigenvalue weighted by Crippen LogP contribution is -2.11. The minimum absolute atomic E-state index is 0.457. The zero-order chi connectivity index (χ0) is 14.3. The molecule has 0 radical (unpaired) electrons. The molecule has 1 atom stereocenters. The highest BCUT2D eigenvalue weighted by atomic mass is 79.9. The Bertz CT molecular complexity index is 785. The van der Waals surface area contributed by atoms with Gasteiger partial charge in [-0.25, -0.2) is 8.78 Å². The number of halogens is 3. The molecule has 0 spiro atoms. The fourth-order valence-corrected chi connectivity index (χ4v) is 2.53. The van der Waals surface area contributed by atoms with E-state index in [1.807, 2.05) is 18.2 Å². The molecule has 1 unspecified atom stereocenters. The molecule has 0 aliphatic rings. The predicted molar refractivity (Wildman–Crippen MR) is 76.3 cm³/mol. The minimum Gasteiger partial charge on any atom is -0.458 e. The van der Waals surface area contributed by atoms with Crippen molar-refractivity contribution >= 4 is 26.9 Å². The van der Waals surface area contributed by atoms with Gasteiger partial charge in [-0.15, -0.1) is 0 Å². The zero-order valence-electron chi connectivity index (χ0n) is 10.2. The summed E-state index contributed by atoms with van der Waals surface area (Å²) >= 11 is 3.39. The van der Waals surface area contributed by atoms with Crippen LogP contribution in [0.15, 0.2) is 51.4 Å². The van der Waals surface area contributed by atoms with E-state index < -0.39 is 17.7 Å². The van der Waals surface area contributed by atoms with Crippen LogP contribution < -0.4 is 5.73 Å². The standard InChI is InChI=1S/C15H10BrF2NO/c16-10-3-1-2-9-7-13(20-15(9)10)14(19)8-4-5-11(17)12(18)6-8/h1-7,14H,19H2. The van der Waals surface area contributed by atoms with E-state index in [0.717, 1.165) is 22.0 Å². The summed E-state index contributed by atoms with van der Waals surface area (Å²) in [5.74, 6) is -1.32. The Balaban J connectivity index is 2.05. The molecule has 102 valence electrons. The highest BCUT2D eigenvalue weighted by molar-refractivity contribution is 9.10. The van der Waals surface area contributed by atoms with Crippen LogP contribution in [0, 0.1) is 11.6 Å². The Hall–Kier alpha value is -1.72. The molecular formula is C15H10BrF2NO. The van der Waals surface area contributed by atoms with Crippen molar-refractivity contribution in [3.05, 3.63) is 69.9 Å². The van der Waals surface area contributed by atoms with Crippen molar-refractivity contribution < 1.29 is 13.2 Å². The van der Waals surface area contributed by atoms with Crippen molar-refractivity contribution in [1.82, 2.24) is 0 Å². The number of nitrogens with two attached hydrogens (primary N) is 1. The first-order valence-electron chi connectivity index (χ1n) is 5.95. The summed E-state index contributed by atoms with van der Waals surface area (Å²) < 4.78 is 32.7. The topological polar surface area (TPSA) is 39.2 Å². The maximum Gasteiger partial charge on any atom is 0.159 e. The smallest absolute Gasteiger partial charge is 0.159 e. The van der Waals surface area contributed by atoms with Crippen LogP contribution in [0.2, 0.25) is 0 Å². The second-order valence-electron chi connectivity index (χ2n) is 4.46. The van der Waals surface area contributed by atoms with Crippen molar-refractivity contribution in [2.24, 2.45) is 5.73 Å². The van der Waals surface area contributed by atoms with E-state index in [1.165, 1.54) is 6.07 Å². The first-order chi connectivity index (χ1) is 9.56. The molecule has 2 aromatic carbocycles. The van der Waals surface area contributed by atoms with E-state index in [9.17, 15) is 8.78 Å². The fraction of sp³-hybridized carbons (Fsp3) is 0.0667. The average Bonchev–Trinajstić information content (AvgIpc) is 2.86. The summed E-state index contributed by atoms with van der Waals surface area (Å²) in [5.41, 5.74) is 7.19. The Morgan fingerprint density at radius 1 is 1.05 bits per heavy atom. The summed E-state index contributed by atoms with van der Waals surface area (Å²) in [7, 11) is 0. The number of benzene rings is 2. The van der Waals surface area contributed by atoms with Gasteiger partial charge in [-0.05, 0) is 45.8 Å². The van der Waals surface area contributed by atoms with Crippen LogP contribution in [-0.4, -0.2) is 0 Å². The maximum absolute atomic E-state index is 13.3. The molecule has 0 amide bonds. The monoisotopic (exact) mass is 337 g/mol. The van der Waals surface area contributed by atoms with E-state index in [0.29, 0.717) is 16.9 Å². The summed E-state index contributed by atoms with van der Waals surface area (Å²) in [5, 5.41) is 0.896. The second kappa shape index (κ2) is 5.00. The lowest BCUT2D eigenvalue weighted by atomic mass is 10.0. The van der Waals surface area contributed by atoms with E-state index >= 15 is 0 Å². The third kappa shape index (κ3) is 2.23. The number of fused-ring (bicyclic) bond motifs is 1. The van der Waals surface area contributed by atoms with Gasteiger partial charge < -0.3 is 10.2 Å². The summed E-state index contributed by atoms with van der Waals surface area (Å²) in [4.78, 5) is 0. The van der Waals surface area contributed by atoms with Crippen molar-refractivity contribution in [1.29, 1.82) is 0 Å². The third-order valence-corrected chi connectivity index (χ3v) is 3.75. The molecule has 3 aromatic rings. The Morgan fingerprint density at radius 2 is 1.85 bits per heavy atom. The van der Waals surface area contributed by atoms with Crippen LogP contribution >= 0.6 is 15.9 Å². The van der Waals surface area contributed by atoms with Gasteiger partial charge >= 0.3 is 0 Å². The predicted octanol–water partition coefficient (Wildman–Crippen LogP) is 4.52. The van der Waals surface area contributed by atoms with Gasteiger partial charge in [0.15, 0.2) is 11.6 Å². The molecule has 0 saturated heterocycles. The van der Waals surface area contributed by atoms with E-state index in [2.05, 4.69) is 15.9 Å². The number of hydrogen-bond acceptors (Lipinski definition) is 2. The maximum atomic E-state index is 13.3. The minimum atomic E-state index is -0.921. The SMILES string of the molecule is NC(c1ccc(F)c(F)c1)c1cc2cccc(Br)c2o1. The summed E-state index contributed by atoms with van der Waals surface area (Å²) in [6.45, 7) is 0. The zero-order valence-corrected chi connectivity index (χ0v) is 11.8. The molecule has 0 saturated carbocycles. The van der Waals surface area contributed by atoms with Gasteiger partial charge in [0, 0.05) is 5.39 Å². The quantitative estimate of drug-likeness (QED) is 0.746. The molecule has 0 bridgehead atoms. The number of hydrogen-bond donors (Lipinski definition) is 1. The van der Waals surface area contributed by atoms with Crippen LogP contribution in [0.25, 0.3) is 11.0 Å². The molecule has 20 heavy (non-hydrogen) atoms. The van der Waals surface area contributed by atoms with Gasteiger partial charge in [-0.1, -0.05) is 18.2 Å². The van der Waals surface area contributed by atoms with Gasteiger partial charge in [0.1, 0.15) is 11.3 Å². The fourth-order valence-electron chi connectivity index (χ4n) is 2.07. The average molecular weight is 338 g/mol. The van der Waals surface area contributed by atoms with E-state index in [1.54, 1.807) is 6.07 Å². The third-order valence-electron chi connectivity index (χ3n) is 3.12. The lowest BCUT2D eigenvalue weighted by Gasteiger charge is -2.09. The van der Waals surface area contributed by atoms with Crippen molar-refractivity contribution in [2.45, 2.75) is 6.04 Å². The van der Waals surface area contributed by atoms with E-state index in [4.69, 9.17) is 10.2 Å². The molecule has 1 heterocycles. The summed E-state index contributed by atoms with van der Waals surface area (Å²) in [6.07, 6.45) is 0.